The number of hydrogen-bond acceptors (Lipinski definition) is 5. The van der Waals surface area contributed by atoms with Gasteiger partial charge in [-0.05, 0) is 68.3 Å². The number of alkyl halides is 9. The molecule has 4 aliphatic rings. The van der Waals surface area contributed by atoms with Crippen molar-refractivity contribution in [2.75, 3.05) is 44.2 Å². The average Bonchev–Trinajstić information content (AvgIpc) is 3.44. The Balaban J connectivity index is 1.22. The molecule has 4 aliphatic heterocycles. The molecule has 0 aliphatic carbocycles. The van der Waals surface area contributed by atoms with E-state index in [9.17, 15) is 44.3 Å². The molecule has 6 nitrogen and oxygen atoms in total. The van der Waals surface area contributed by atoms with Crippen molar-refractivity contribution in [2.45, 2.75) is 75.5 Å². The largest absolute Gasteiger partial charge is 0.434 e. The van der Waals surface area contributed by atoms with E-state index in [0.29, 0.717) is 57.7 Å². The fraction of sp³-hybridized carbons (Fsp3) is 0.731. The van der Waals surface area contributed by atoms with E-state index in [2.05, 4.69) is 9.64 Å². The third-order valence-corrected chi connectivity index (χ3v) is 8.62. The van der Waals surface area contributed by atoms with Crippen molar-refractivity contribution in [3.63, 3.8) is 0 Å². The van der Waals surface area contributed by atoms with Crippen LogP contribution < -0.4 is 4.90 Å². The van der Waals surface area contributed by atoms with Gasteiger partial charge in [0.15, 0.2) is 0 Å². The quantitative estimate of drug-likeness (QED) is 0.396. The van der Waals surface area contributed by atoms with E-state index in [1.54, 1.807) is 0 Å². The number of amides is 1. The number of benzene rings is 1. The Kier molecular flexibility index (Phi) is 7.84. The van der Waals surface area contributed by atoms with Crippen molar-refractivity contribution >= 4 is 11.8 Å². The number of piperidine rings is 1. The zero-order valence-corrected chi connectivity index (χ0v) is 21.9. The summed E-state index contributed by atoms with van der Waals surface area (Å²) in [6.07, 6.45) is -18.8. The van der Waals surface area contributed by atoms with Crippen molar-refractivity contribution < 1.29 is 53.8 Å². The number of morpholine rings is 1. The van der Waals surface area contributed by atoms with Crippen molar-refractivity contribution in [2.24, 2.45) is 5.41 Å². The highest BCUT2D eigenvalue weighted by Crippen LogP contribution is 2.43. The van der Waals surface area contributed by atoms with Crippen LogP contribution in [0.5, 0.6) is 0 Å². The van der Waals surface area contributed by atoms with Gasteiger partial charge in [-0.25, -0.2) is 4.79 Å². The first-order chi connectivity index (χ1) is 19.0. The predicted molar refractivity (Wildman–Crippen MR) is 127 cm³/mol. The molecule has 2 atom stereocenters. The lowest BCUT2D eigenvalue weighted by Gasteiger charge is -2.40. The molecule has 0 saturated carbocycles. The number of ether oxygens (including phenoxy) is 2. The van der Waals surface area contributed by atoms with Gasteiger partial charge in [-0.1, -0.05) is 6.07 Å². The van der Waals surface area contributed by atoms with E-state index in [1.807, 2.05) is 4.90 Å². The van der Waals surface area contributed by atoms with Crippen LogP contribution in [0.15, 0.2) is 18.2 Å². The summed E-state index contributed by atoms with van der Waals surface area (Å²) in [6.45, 7) is 2.35. The number of halogens is 9. The number of rotatable bonds is 4. The molecule has 1 spiro atoms. The summed E-state index contributed by atoms with van der Waals surface area (Å²) in [6, 6.07) is 3.74. The first kappa shape index (κ1) is 30.1. The highest BCUT2D eigenvalue weighted by Gasteiger charge is 2.60. The van der Waals surface area contributed by atoms with Crippen LogP contribution in [-0.2, 0) is 22.2 Å². The minimum Gasteiger partial charge on any atom is -0.426 e. The number of anilines is 1. The normalized spacial score (nSPS) is 25.4. The Hall–Kier alpha value is -2.42. The molecule has 1 amide bonds. The summed E-state index contributed by atoms with van der Waals surface area (Å²) < 4.78 is 127. The average molecular weight is 604 g/mol. The molecule has 230 valence electrons. The van der Waals surface area contributed by atoms with Crippen molar-refractivity contribution in [1.82, 2.24) is 9.80 Å². The van der Waals surface area contributed by atoms with Crippen LogP contribution >= 0.6 is 0 Å². The fourth-order valence-corrected chi connectivity index (χ4v) is 6.40. The summed E-state index contributed by atoms with van der Waals surface area (Å²) in [7, 11) is 0. The summed E-state index contributed by atoms with van der Waals surface area (Å²) in [5.41, 5.74) is 0.0357. The van der Waals surface area contributed by atoms with Crippen LogP contribution in [0, 0.1) is 5.41 Å². The minimum absolute atomic E-state index is 0.0227. The fourth-order valence-electron chi connectivity index (χ4n) is 6.40. The molecule has 4 heterocycles. The van der Waals surface area contributed by atoms with Crippen LogP contribution in [0.1, 0.15) is 43.2 Å². The van der Waals surface area contributed by atoms with Gasteiger partial charge in [0.25, 0.3) is 6.10 Å². The zero-order valence-electron chi connectivity index (χ0n) is 21.9. The maximum absolute atomic E-state index is 13.5. The summed E-state index contributed by atoms with van der Waals surface area (Å²) in [5.74, 6) is 0. The topological polar surface area (TPSA) is 45.2 Å². The summed E-state index contributed by atoms with van der Waals surface area (Å²) in [5, 5.41) is 0. The molecule has 41 heavy (non-hydrogen) atoms. The second-order valence-electron chi connectivity index (χ2n) is 11.5. The molecule has 0 aromatic heterocycles. The van der Waals surface area contributed by atoms with Crippen LogP contribution in [0.25, 0.3) is 0 Å². The molecule has 0 radical (unpaired) electrons. The number of nitrogens with zero attached hydrogens (tertiary/aromatic N) is 3. The molecule has 1 aromatic carbocycles. The van der Waals surface area contributed by atoms with Gasteiger partial charge in [0.2, 0.25) is 0 Å². The second-order valence-corrected chi connectivity index (χ2v) is 11.5. The molecule has 2 unspecified atom stereocenters. The minimum atomic E-state index is -5.78. The van der Waals surface area contributed by atoms with Gasteiger partial charge in [-0.15, -0.1) is 0 Å². The first-order valence-electron chi connectivity index (χ1n) is 13.4. The molecule has 5 rings (SSSR count). The standard InChI is InChI=1S/C26H30F9N3O3/c27-24(28,29)17-2-1-16(20(11-17)38-13-18-3-4-19(14-38)40-18)12-36-8-5-23(6-9-36)7-10-37(15-23)22(39)41-21(25(30,31)32)26(33,34)35/h1-2,11,18-19,21H,3-10,12-15H2. The monoisotopic (exact) mass is 603 g/mol. The zero-order chi connectivity index (χ0) is 29.8. The van der Waals surface area contributed by atoms with E-state index in [4.69, 9.17) is 4.74 Å². The molecule has 1 aromatic rings. The second kappa shape index (κ2) is 10.7. The van der Waals surface area contributed by atoms with Crippen molar-refractivity contribution in [1.29, 1.82) is 0 Å². The molecule has 0 N–H and O–H groups in total. The van der Waals surface area contributed by atoms with E-state index >= 15 is 0 Å². The predicted octanol–water partition coefficient (Wildman–Crippen LogP) is 5.99. The van der Waals surface area contributed by atoms with Gasteiger partial charge < -0.3 is 19.3 Å². The van der Waals surface area contributed by atoms with Crippen LogP contribution in [0.2, 0.25) is 0 Å². The third kappa shape index (κ3) is 6.65. The SMILES string of the molecule is O=C(OC(C(F)(F)F)C(F)(F)F)N1CCC2(CCN(Cc3ccc(C(F)(F)F)cc3N3CC4CCC(C3)O4)CC2)C1. The van der Waals surface area contributed by atoms with Gasteiger partial charge in [0, 0.05) is 38.4 Å². The van der Waals surface area contributed by atoms with Gasteiger partial charge >= 0.3 is 24.6 Å². The first-order valence-corrected chi connectivity index (χ1v) is 13.4. The maximum atomic E-state index is 13.5. The Morgan fingerprint density at radius 3 is 2.07 bits per heavy atom. The van der Waals surface area contributed by atoms with Gasteiger partial charge in [-0.2, -0.15) is 39.5 Å². The number of fused-ring (bicyclic) bond motifs is 2. The number of carbonyl (C=O) groups excluding carboxylic acids is 1. The Morgan fingerprint density at radius 2 is 1.51 bits per heavy atom. The lowest BCUT2D eigenvalue weighted by molar-refractivity contribution is -0.308. The Labute approximate surface area is 230 Å². The van der Waals surface area contributed by atoms with E-state index < -0.39 is 41.7 Å². The molecule has 15 heteroatoms. The summed E-state index contributed by atoms with van der Waals surface area (Å²) >= 11 is 0. The Bertz CT molecular complexity index is 1090. The third-order valence-electron chi connectivity index (χ3n) is 8.62. The van der Waals surface area contributed by atoms with E-state index in [1.165, 1.54) is 12.1 Å². The van der Waals surface area contributed by atoms with Gasteiger partial charge in [0.05, 0.1) is 17.8 Å². The van der Waals surface area contributed by atoms with Crippen LogP contribution in [0.3, 0.4) is 0 Å². The molecular formula is C26H30F9N3O3. The van der Waals surface area contributed by atoms with E-state index in [-0.39, 0.29) is 25.3 Å². The van der Waals surface area contributed by atoms with Crippen molar-refractivity contribution in [3.8, 4) is 0 Å². The van der Waals surface area contributed by atoms with Crippen molar-refractivity contribution in [3.05, 3.63) is 29.3 Å². The highest BCUT2D eigenvalue weighted by molar-refractivity contribution is 5.68. The Morgan fingerprint density at radius 1 is 0.927 bits per heavy atom. The highest BCUT2D eigenvalue weighted by atomic mass is 19.4. The summed E-state index contributed by atoms with van der Waals surface area (Å²) in [4.78, 5) is 17.1. The molecule has 4 saturated heterocycles. The van der Waals surface area contributed by atoms with Crippen LogP contribution in [-0.4, -0.2) is 85.8 Å². The lowest BCUT2D eigenvalue weighted by Crippen LogP contribution is -2.48. The lowest BCUT2D eigenvalue weighted by atomic mass is 9.77. The van der Waals surface area contributed by atoms with Gasteiger partial charge in [0.1, 0.15) is 0 Å². The van der Waals surface area contributed by atoms with Crippen LogP contribution in [0.4, 0.5) is 50.0 Å². The molecule has 2 bridgehead atoms. The number of hydrogen-bond donors (Lipinski definition) is 0. The molecule has 4 fully saturated rings. The maximum Gasteiger partial charge on any atom is 0.434 e. The number of carbonyl (C=O) groups is 1. The smallest absolute Gasteiger partial charge is 0.426 e. The number of likely N-dealkylation sites (tertiary alicyclic amines) is 2. The van der Waals surface area contributed by atoms with Gasteiger partial charge in [-0.3, -0.25) is 4.90 Å². The molecular weight excluding hydrogens is 573 g/mol. The van der Waals surface area contributed by atoms with E-state index in [0.717, 1.165) is 29.4 Å².